The van der Waals surface area contributed by atoms with Crippen LogP contribution in [0.15, 0.2) is 48.2 Å². The molecule has 0 saturated carbocycles. The second kappa shape index (κ2) is 8.65. The van der Waals surface area contributed by atoms with Gasteiger partial charge >= 0.3 is 0 Å². The Balaban J connectivity index is 1.85. The molecule has 0 aromatic heterocycles. The molecule has 1 saturated heterocycles. The van der Waals surface area contributed by atoms with E-state index in [1.165, 1.54) is 7.11 Å². The number of fused-ring (bicyclic) bond motifs is 1. The molecule has 33 heavy (non-hydrogen) atoms. The number of methoxy groups -OCH3 is 1. The van der Waals surface area contributed by atoms with E-state index in [4.69, 9.17) is 33.2 Å². The van der Waals surface area contributed by atoms with Crippen LogP contribution in [0.25, 0.3) is 5.57 Å². The summed E-state index contributed by atoms with van der Waals surface area (Å²) in [7, 11) is -1.99. The van der Waals surface area contributed by atoms with Gasteiger partial charge in [-0.15, -0.1) is 0 Å². The van der Waals surface area contributed by atoms with Gasteiger partial charge < -0.3 is 9.64 Å². The van der Waals surface area contributed by atoms with Crippen molar-refractivity contribution in [2.24, 2.45) is 0 Å². The highest BCUT2D eigenvalue weighted by Crippen LogP contribution is 2.49. The fraction of sp³-hybridized carbons (Fsp3) is 0.304. The monoisotopic (exact) mass is 505 g/mol. The number of nitrogens with one attached hydrogen (secondary N) is 1. The Morgan fingerprint density at radius 1 is 1.21 bits per heavy atom. The third-order valence-corrected chi connectivity index (χ3v) is 7.13. The number of hydrogen-bond acceptors (Lipinski definition) is 5. The summed E-state index contributed by atoms with van der Waals surface area (Å²) in [5.74, 6) is 0.157. The zero-order valence-corrected chi connectivity index (χ0v) is 20.3. The van der Waals surface area contributed by atoms with Crippen molar-refractivity contribution in [3.63, 3.8) is 0 Å². The molecule has 10 heteroatoms. The van der Waals surface area contributed by atoms with E-state index in [1.807, 2.05) is 12.1 Å². The molecular weight excluding hydrogens is 485 g/mol. The van der Waals surface area contributed by atoms with Crippen molar-refractivity contribution >= 4 is 44.7 Å². The van der Waals surface area contributed by atoms with E-state index in [1.54, 1.807) is 35.2 Å². The molecule has 0 aliphatic carbocycles. The number of carbonyl (C=O) groups excluding carboxylic acids is 1. The highest BCUT2D eigenvalue weighted by Gasteiger charge is 2.58. The largest absolute Gasteiger partial charge is 0.498 e. The molecule has 0 bridgehead atoms. The Hall–Kier alpha value is -2.57. The third kappa shape index (κ3) is 4.46. The zero-order valence-electron chi connectivity index (χ0n) is 17.9. The van der Waals surface area contributed by atoms with Crippen LogP contribution in [0.1, 0.15) is 23.1 Å². The Morgan fingerprint density at radius 3 is 2.39 bits per heavy atom. The van der Waals surface area contributed by atoms with E-state index < -0.39 is 21.6 Å². The lowest BCUT2D eigenvalue weighted by atomic mass is 9.85. The summed E-state index contributed by atoms with van der Waals surface area (Å²) in [5.41, 5.74) is 1.39. The molecule has 2 aliphatic rings. The van der Waals surface area contributed by atoms with Crippen molar-refractivity contribution in [1.82, 2.24) is 9.62 Å². The minimum atomic E-state index is -3.48. The average Bonchev–Trinajstić information content (AvgIpc) is 3.17. The van der Waals surface area contributed by atoms with E-state index in [9.17, 15) is 13.2 Å². The van der Waals surface area contributed by atoms with Crippen molar-refractivity contribution in [3.05, 3.63) is 75.0 Å². The second-order valence-electron chi connectivity index (χ2n) is 8.29. The number of nitrogens with zero attached hydrogens (tertiary/aromatic N) is 2. The predicted molar refractivity (Wildman–Crippen MR) is 126 cm³/mol. The van der Waals surface area contributed by atoms with E-state index in [-0.39, 0.29) is 12.5 Å². The molecule has 0 radical (unpaired) electrons. The molecule has 1 amide bonds. The van der Waals surface area contributed by atoms with Crippen molar-refractivity contribution in [2.45, 2.75) is 24.4 Å². The van der Waals surface area contributed by atoms with E-state index in [0.29, 0.717) is 45.3 Å². The SMILES string of the molecule is COC1=C(c2cc(Cl)cc(Cl)c2)C(=O)N2C[C@@H](NS(C)(=O)=O)C[C@@]12Cc1ccc(C#N)cc1. The van der Waals surface area contributed by atoms with Crippen LogP contribution in [-0.2, 0) is 26.0 Å². The Bertz CT molecular complexity index is 1280. The van der Waals surface area contributed by atoms with Crippen molar-refractivity contribution in [3.8, 4) is 6.07 Å². The summed E-state index contributed by atoms with van der Waals surface area (Å²) >= 11 is 12.4. The molecule has 2 aromatic carbocycles. The predicted octanol–water partition coefficient (Wildman–Crippen LogP) is 3.37. The molecule has 0 unspecified atom stereocenters. The van der Waals surface area contributed by atoms with Gasteiger partial charge in [-0.1, -0.05) is 35.3 Å². The number of sulfonamides is 1. The van der Waals surface area contributed by atoms with Crippen LogP contribution < -0.4 is 4.72 Å². The van der Waals surface area contributed by atoms with Gasteiger partial charge in [0.15, 0.2) is 0 Å². The quantitative estimate of drug-likeness (QED) is 0.648. The molecule has 2 heterocycles. The van der Waals surface area contributed by atoms with Crippen molar-refractivity contribution in [1.29, 1.82) is 5.26 Å². The maximum Gasteiger partial charge on any atom is 0.258 e. The highest BCUT2D eigenvalue weighted by molar-refractivity contribution is 7.88. The van der Waals surface area contributed by atoms with E-state index in [0.717, 1.165) is 11.8 Å². The maximum absolute atomic E-state index is 13.7. The van der Waals surface area contributed by atoms with Crippen molar-refractivity contribution < 1.29 is 17.9 Å². The highest BCUT2D eigenvalue weighted by atomic mass is 35.5. The Kier molecular flexibility index (Phi) is 6.18. The fourth-order valence-corrected chi connectivity index (χ4v) is 6.13. The first-order valence-corrected chi connectivity index (χ1v) is 12.7. The van der Waals surface area contributed by atoms with Crippen LogP contribution >= 0.6 is 23.2 Å². The summed E-state index contributed by atoms with van der Waals surface area (Å²) < 4.78 is 32.3. The van der Waals surface area contributed by atoms with Gasteiger partial charge in [-0.05, 0) is 47.9 Å². The molecule has 1 fully saturated rings. The summed E-state index contributed by atoms with van der Waals surface area (Å²) in [4.78, 5) is 15.3. The lowest BCUT2D eigenvalue weighted by molar-refractivity contribution is -0.126. The normalized spacial score (nSPS) is 22.5. The first-order valence-electron chi connectivity index (χ1n) is 10.1. The summed E-state index contributed by atoms with van der Waals surface area (Å²) in [6.45, 7) is 0.187. The summed E-state index contributed by atoms with van der Waals surface area (Å²) in [5, 5.41) is 9.88. The lowest BCUT2D eigenvalue weighted by Crippen LogP contribution is -2.45. The number of benzene rings is 2. The number of carbonyl (C=O) groups is 1. The van der Waals surface area contributed by atoms with E-state index >= 15 is 0 Å². The zero-order chi connectivity index (χ0) is 24.0. The molecule has 2 atom stereocenters. The molecule has 172 valence electrons. The molecular formula is C23H21Cl2N3O4S. The van der Waals surface area contributed by atoms with Gasteiger partial charge in [0, 0.05) is 29.1 Å². The van der Waals surface area contributed by atoms with Gasteiger partial charge in [-0.2, -0.15) is 5.26 Å². The number of nitriles is 1. The topological polar surface area (TPSA) is 99.5 Å². The maximum atomic E-state index is 13.7. The van der Waals surface area contributed by atoms with Gasteiger partial charge in [-0.3, -0.25) is 4.79 Å². The molecule has 0 spiro atoms. The minimum Gasteiger partial charge on any atom is -0.498 e. The Labute approximate surface area is 202 Å². The van der Waals surface area contributed by atoms with Crippen LogP contribution in [0.2, 0.25) is 10.0 Å². The summed E-state index contributed by atoms with van der Waals surface area (Å²) in [6.07, 6.45) is 1.80. The molecule has 2 aromatic rings. The van der Waals surface area contributed by atoms with Gasteiger partial charge in [0.05, 0.1) is 30.6 Å². The van der Waals surface area contributed by atoms with Gasteiger partial charge in [0.25, 0.3) is 5.91 Å². The second-order valence-corrected chi connectivity index (χ2v) is 10.9. The average molecular weight is 506 g/mol. The lowest BCUT2D eigenvalue weighted by Gasteiger charge is -2.34. The first-order chi connectivity index (χ1) is 15.6. The minimum absolute atomic E-state index is 0.187. The number of amides is 1. The van der Waals surface area contributed by atoms with Crippen molar-refractivity contribution in [2.75, 3.05) is 19.9 Å². The van der Waals surface area contributed by atoms with Crippen LogP contribution in [0.3, 0.4) is 0 Å². The number of halogens is 2. The number of rotatable bonds is 6. The van der Waals surface area contributed by atoms with Crippen LogP contribution in [0.4, 0.5) is 0 Å². The van der Waals surface area contributed by atoms with E-state index in [2.05, 4.69) is 10.8 Å². The number of hydrogen-bond donors (Lipinski definition) is 1. The molecule has 4 rings (SSSR count). The number of ether oxygens (including phenoxy) is 1. The molecule has 1 N–H and O–H groups in total. The van der Waals surface area contributed by atoms with Gasteiger partial charge in [0.1, 0.15) is 11.3 Å². The molecule has 2 aliphatic heterocycles. The Morgan fingerprint density at radius 2 is 1.85 bits per heavy atom. The smallest absolute Gasteiger partial charge is 0.258 e. The van der Waals surface area contributed by atoms with Gasteiger partial charge in [0.2, 0.25) is 10.0 Å². The van der Waals surface area contributed by atoms with Crippen LogP contribution in [-0.4, -0.2) is 50.7 Å². The standard InChI is InChI=1S/C23H21Cl2N3O4S/c1-32-21-20(16-7-17(24)9-18(25)8-16)22(29)28-13-19(27-33(2,30)31)11-23(21,28)10-14-3-5-15(12-26)6-4-14/h3-9,19,27H,10-11,13H2,1-2H3/t19-,23-/m0/s1. The van der Waals surface area contributed by atoms with Gasteiger partial charge in [-0.25, -0.2) is 13.1 Å². The summed E-state index contributed by atoms with van der Waals surface area (Å²) in [6, 6.07) is 13.6. The molecule has 7 nitrogen and oxygen atoms in total. The first kappa shape index (κ1) is 23.6. The fourth-order valence-electron chi connectivity index (χ4n) is 4.84. The van der Waals surface area contributed by atoms with Crippen LogP contribution in [0.5, 0.6) is 0 Å². The third-order valence-electron chi connectivity index (χ3n) is 5.93. The van der Waals surface area contributed by atoms with Crippen LogP contribution in [0, 0.1) is 11.3 Å².